The van der Waals surface area contributed by atoms with Gasteiger partial charge in [-0.1, -0.05) is 0 Å². The lowest BCUT2D eigenvalue weighted by Gasteiger charge is -2.16. The molecular formula is C12H13N3O4. The third-order valence-corrected chi connectivity index (χ3v) is 3.60. The molecule has 1 fully saturated rings. The number of aliphatic hydroxyl groups is 1. The normalized spacial score (nSPS) is 18.7. The standard InChI is InChI=1S/C12H13N3O4/c16-6-12(1-2-12)14-9-5-8-7(4-11(17)13-8)3-10(9)15(18)19/h3,5,14,16H,1-2,4,6H2,(H,13,17). The molecule has 1 saturated carbocycles. The topological polar surface area (TPSA) is 104 Å². The molecule has 1 aromatic carbocycles. The van der Waals surface area contributed by atoms with Gasteiger partial charge in [0.15, 0.2) is 0 Å². The zero-order valence-corrected chi connectivity index (χ0v) is 10.1. The molecule has 1 aliphatic heterocycles. The maximum absolute atomic E-state index is 11.3. The molecule has 0 spiro atoms. The number of carbonyl (C=O) groups is 1. The van der Waals surface area contributed by atoms with Crippen LogP contribution in [0, 0.1) is 10.1 Å². The predicted molar refractivity (Wildman–Crippen MR) is 68.1 cm³/mol. The van der Waals surface area contributed by atoms with Gasteiger partial charge in [-0.25, -0.2) is 0 Å². The Morgan fingerprint density at radius 2 is 2.21 bits per heavy atom. The van der Waals surface area contributed by atoms with Crippen molar-refractivity contribution in [2.75, 3.05) is 17.2 Å². The number of nitrogens with zero attached hydrogens (tertiary/aromatic N) is 1. The van der Waals surface area contributed by atoms with E-state index in [1.165, 1.54) is 6.07 Å². The zero-order valence-electron chi connectivity index (χ0n) is 10.1. The van der Waals surface area contributed by atoms with Crippen LogP contribution in [0.25, 0.3) is 0 Å². The van der Waals surface area contributed by atoms with E-state index in [2.05, 4.69) is 10.6 Å². The van der Waals surface area contributed by atoms with Crippen LogP contribution in [0.4, 0.5) is 17.1 Å². The summed E-state index contributed by atoms with van der Waals surface area (Å²) < 4.78 is 0. The summed E-state index contributed by atoms with van der Waals surface area (Å²) in [6, 6.07) is 3.00. The van der Waals surface area contributed by atoms with Crippen LogP contribution in [0.1, 0.15) is 18.4 Å². The maximum atomic E-state index is 11.3. The number of hydrogen-bond acceptors (Lipinski definition) is 5. The van der Waals surface area contributed by atoms with Crippen molar-refractivity contribution in [2.24, 2.45) is 0 Å². The lowest BCUT2D eigenvalue weighted by Crippen LogP contribution is -2.26. The number of benzene rings is 1. The Balaban J connectivity index is 2.00. The van der Waals surface area contributed by atoms with Gasteiger partial charge in [0, 0.05) is 11.8 Å². The van der Waals surface area contributed by atoms with Crippen LogP contribution in [0.2, 0.25) is 0 Å². The number of amides is 1. The number of rotatable bonds is 4. The zero-order chi connectivity index (χ0) is 13.6. The number of nitro groups is 1. The first-order valence-corrected chi connectivity index (χ1v) is 6.03. The lowest BCUT2D eigenvalue weighted by atomic mass is 10.1. The second kappa shape index (κ2) is 3.92. The van der Waals surface area contributed by atoms with E-state index in [0.29, 0.717) is 16.9 Å². The van der Waals surface area contributed by atoms with Gasteiger partial charge in [-0.05, 0) is 24.5 Å². The second-order valence-corrected chi connectivity index (χ2v) is 5.07. The highest BCUT2D eigenvalue weighted by atomic mass is 16.6. The minimum absolute atomic E-state index is 0.0602. The molecule has 0 saturated heterocycles. The van der Waals surface area contributed by atoms with Crippen LogP contribution in [-0.2, 0) is 11.2 Å². The number of aliphatic hydroxyl groups excluding tert-OH is 1. The van der Waals surface area contributed by atoms with Gasteiger partial charge in [0.05, 0.1) is 23.5 Å². The Labute approximate surface area is 108 Å². The largest absolute Gasteiger partial charge is 0.394 e. The third-order valence-electron chi connectivity index (χ3n) is 3.60. The molecule has 7 heteroatoms. The van der Waals surface area contributed by atoms with Gasteiger partial charge in [-0.15, -0.1) is 0 Å². The van der Waals surface area contributed by atoms with E-state index in [9.17, 15) is 20.0 Å². The molecule has 0 atom stereocenters. The summed E-state index contributed by atoms with van der Waals surface area (Å²) in [6.07, 6.45) is 1.73. The molecule has 1 aromatic rings. The molecule has 7 nitrogen and oxygen atoms in total. The number of hydrogen-bond donors (Lipinski definition) is 3. The number of anilines is 2. The first-order chi connectivity index (χ1) is 9.03. The summed E-state index contributed by atoms with van der Waals surface area (Å²) in [5.41, 5.74) is 1.08. The highest BCUT2D eigenvalue weighted by Gasteiger charge is 2.43. The molecule has 0 radical (unpaired) electrons. The second-order valence-electron chi connectivity index (χ2n) is 5.07. The van der Waals surface area contributed by atoms with Crippen molar-refractivity contribution in [1.82, 2.24) is 0 Å². The van der Waals surface area contributed by atoms with Gasteiger partial charge in [-0.2, -0.15) is 0 Å². The monoisotopic (exact) mass is 263 g/mol. The van der Waals surface area contributed by atoms with Crippen molar-refractivity contribution >= 4 is 23.0 Å². The summed E-state index contributed by atoms with van der Waals surface area (Å²) in [5, 5.41) is 26.1. The van der Waals surface area contributed by atoms with Crippen molar-refractivity contribution in [2.45, 2.75) is 24.8 Å². The average Bonchev–Trinajstić information content (AvgIpc) is 3.03. The number of fused-ring (bicyclic) bond motifs is 1. The molecule has 0 unspecified atom stereocenters. The van der Waals surface area contributed by atoms with Crippen molar-refractivity contribution in [1.29, 1.82) is 0 Å². The molecule has 1 amide bonds. The molecule has 2 aliphatic rings. The quantitative estimate of drug-likeness (QED) is 0.556. The van der Waals surface area contributed by atoms with E-state index in [-0.39, 0.29) is 24.6 Å². The highest BCUT2D eigenvalue weighted by molar-refractivity contribution is 6.00. The predicted octanol–water partition coefficient (Wildman–Crippen LogP) is 1.03. The Hall–Kier alpha value is -2.15. The average molecular weight is 263 g/mol. The minimum Gasteiger partial charge on any atom is -0.394 e. The van der Waals surface area contributed by atoms with Crippen molar-refractivity contribution in [3.8, 4) is 0 Å². The van der Waals surface area contributed by atoms with Gasteiger partial charge in [-0.3, -0.25) is 14.9 Å². The van der Waals surface area contributed by atoms with E-state index in [0.717, 1.165) is 12.8 Å². The van der Waals surface area contributed by atoms with Crippen LogP contribution in [0.3, 0.4) is 0 Å². The van der Waals surface area contributed by atoms with Crippen LogP contribution < -0.4 is 10.6 Å². The van der Waals surface area contributed by atoms with Gasteiger partial charge >= 0.3 is 0 Å². The Kier molecular flexibility index (Phi) is 2.46. The van der Waals surface area contributed by atoms with Crippen molar-refractivity contribution in [3.63, 3.8) is 0 Å². The molecule has 0 bridgehead atoms. The molecule has 0 aromatic heterocycles. The molecule has 1 aliphatic carbocycles. The van der Waals surface area contributed by atoms with E-state index < -0.39 is 10.5 Å². The highest BCUT2D eigenvalue weighted by Crippen LogP contribution is 2.42. The minimum atomic E-state index is -0.473. The molecule has 100 valence electrons. The van der Waals surface area contributed by atoms with E-state index in [1.807, 2.05) is 0 Å². The summed E-state index contributed by atoms with van der Waals surface area (Å²) in [5.74, 6) is -0.162. The molecule has 3 rings (SSSR count). The van der Waals surface area contributed by atoms with Crippen LogP contribution in [0.5, 0.6) is 0 Å². The first kappa shape index (κ1) is 11.9. The molecule has 3 N–H and O–H groups in total. The Bertz CT molecular complexity index is 581. The number of carbonyl (C=O) groups excluding carboxylic acids is 1. The molecule has 1 heterocycles. The smallest absolute Gasteiger partial charge is 0.292 e. The van der Waals surface area contributed by atoms with E-state index in [4.69, 9.17) is 0 Å². The fraction of sp³-hybridized carbons (Fsp3) is 0.417. The SMILES string of the molecule is O=C1Cc2cc([N+](=O)[O-])c(NC3(CO)CC3)cc2N1. The van der Waals surface area contributed by atoms with E-state index in [1.54, 1.807) is 6.07 Å². The van der Waals surface area contributed by atoms with Gasteiger partial charge < -0.3 is 15.7 Å². The first-order valence-electron chi connectivity index (χ1n) is 6.03. The summed E-state index contributed by atoms with van der Waals surface area (Å²) in [6.45, 7) is -0.0619. The lowest BCUT2D eigenvalue weighted by molar-refractivity contribution is -0.384. The fourth-order valence-corrected chi connectivity index (χ4v) is 2.27. The van der Waals surface area contributed by atoms with E-state index >= 15 is 0 Å². The molecular weight excluding hydrogens is 250 g/mol. The summed E-state index contributed by atoms with van der Waals surface area (Å²) >= 11 is 0. The van der Waals surface area contributed by atoms with Crippen LogP contribution >= 0.6 is 0 Å². The Morgan fingerprint density at radius 3 is 2.79 bits per heavy atom. The number of nitro benzene ring substituents is 1. The van der Waals surface area contributed by atoms with Crippen molar-refractivity contribution < 1.29 is 14.8 Å². The summed E-state index contributed by atoms with van der Waals surface area (Å²) in [7, 11) is 0. The van der Waals surface area contributed by atoms with Crippen molar-refractivity contribution in [3.05, 3.63) is 27.8 Å². The van der Waals surface area contributed by atoms with Crippen LogP contribution in [0.15, 0.2) is 12.1 Å². The maximum Gasteiger partial charge on any atom is 0.292 e. The number of nitrogens with one attached hydrogen (secondary N) is 2. The van der Waals surface area contributed by atoms with Gasteiger partial charge in [0.25, 0.3) is 5.69 Å². The third kappa shape index (κ3) is 2.01. The van der Waals surface area contributed by atoms with Gasteiger partial charge in [0.2, 0.25) is 5.91 Å². The Morgan fingerprint density at radius 1 is 1.47 bits per heavy atom. The summed E-state index contributed by atoms with van der Waals surface area (Å²) in [4.78, 5) is 21.9. The fourth-order valence-electron chi connectivity index (χ4n) is 2.27. The van der Waals surface area contributed by atoms with Gasteiger partial charge in [0.1, 0.15) is 5.69 Å². The molecule has 19 heavy (non-hydrogen) atoms. The van der Waals surface area contributed by atoms with Crippen LogP contribution in [-0.4, -0.2) is 28.1 Å².